The molecule has 0 aliphatic carbocycles. The molecule has 2 N–H and O–H groups in total. The first kappa shape index (κ1) is 19.8. The number of thioether (sulfide) groups is 1. The third-order valence-corrected chi connectivity index (χ3v) is 4.81. The number of phenolic OH excluding ortho intramolecular Hbond substituents is 1. The summed E-state index contributed by atoms with van der Waals surface area (Å²) in [5, 5.41) is 12.1. The van der Waals surface area contributed by atoms with Crippen molar-refractivity contribution in [3.8, 4) is 5.75 Å². The zero-order valence-corrected chi connectivity index (χ0v) is 15.5. The van der Waals surface area contributed by atoms with Gasteiger partial charge in [0.2, 0.25) is 5.91 Å². The van der Waals surface area contributed by atoms with Crippen LogP contribution in [0.5, 0.6) is 5.75 Å². The minimum absolute atomic E-state index is 0.155. The molecule has 0 radical (unpaired) electrons. The number of amides is 1. The van der Waals surface area contributed by atoms with Crippen molar-refractivity contribution >= 4 is 23.6 Å². The van der Waals surface area contributed by atoms with E-state index in [1.807, 2.05) is 18.2 Å². The van der Waals surface area contributed by atoms with Crippen molar-refractivity contribution in [2.24, 2.45) is 0 Å². The van der Waals surface area contributed by atoms with E-state index in [1.165, 1.54) is 12.7 Å². The number of hydrogen-bond acceptors (Lipinski definition) is 5. The number of ether oxygens (including phenoxy) is 1. The Balaban J connectivity index is 1.80. The van der Waals surface area contributed by atoms with Crippen molar-refractivity contribution in [3.05, 3.63) is 65.7 Å². The summed E-state index contributed by atoms with van der Waals surface area (Å²) in [6.45, 7) is 0. The molecular formula is C20H23NO4S. The molecule has 26 heavy (non-hydrogen) atoms. The van der Waals surface area contributed by atoms with Gasteiger partial charge in [0.15, 0.2) is 0 Å². The summed E-state index contributed by atoms with van der Waals surface area (Å²) in [4.78, 5) is 24.1. The van der Waals surface area contributed by atoms with Gasteiger partial charge in [-0.2, -0.15) is 11.8 Å². The summed E-state index contributed by atoms with van der Waals surface area (Å²) < 4.78 is 4.78. The Morgan fingerprint density at radius 1 is 1.08 bits per heavy atom. The summed E-state index contributed by atoms with van der Waals surface area (Å²) in [7, 11) is 1.30. The van der Waals surface area contributed by atoms with Gasteiger partial charge in [0, 0.05) is 24.3 Å². The number of hydrogen-bond donors (Lipinski definition) is 2. The van der Waals surface area contributed by atoms with Gasteiger partial charge >= 0.3 is 5.97 Å². The van der Waals surface area contributed by atoms with E-state index in [4.69, 9.17) is 4.74 Å². The number of nitrogens with one attached hydrogen (secondary N) is 1. The minimum Gasteiger partial charge on any atom is -0.508 e. The van der Waals surface area contributed by atoms with Crippen molar-refractivity contribution in [2.75, 3.05) is 12.9 Å². The van der Waals surface area contributed by atoms with Crippen LogP contribution in [0.2, 0.25) is 0 Å². The van der Waals surface area contributed by atoms with Gasteiger partial charge in [-0.05, 0) is 23.3 Å². The molecule has 0 aromatic heterocycles. The molecule has 2 aromatic carbocycles. The average Bonchev–Trinajstić information content (AvgIpc) is 2.66. The Morgan fingerprint density at radius 3 is 2.42 bits per heavy atom. The second-order valence-corrected chi connectivity index (χ2v) is 6.91. The molecule has 0 spiro atoms. The van der Waals surface area contributed by atoms with E-state index in [9.17, 15) is 14.7 Å². The molecule has 6 heteroatoms. The number of carbonyl (C=O) groups excluding carboxylic acids is 2. The summed E-state index contributed by atoms with van der Waals surface area (Å²) in [6, 6.07) is 15.9. The number of methoxy groups -OCH3 is 1. The highest BCUT2D eigenvalue weighted by atomic mass is 32.2. The molecule has 0 saturated heterocycles. The topological polar surface area (TPSA) is 75.6 Å². The molecule has 0 bridgehead atoms. The van der Waals surface area contributed by atoms with Gasteiger partial charge in [-0.25, -0.2) is 4.79 Å². The number of esters is 1. The van der Waals surface area contributed by atoms with Gasteiger partial charge < -0.3 is 15.2 Å². The largest absolute Gasteiger partial charge is 0.508 e. The van der Waals surface area contributed by atoms with E-state index in [1.54, 1.807) is 36.0 Å². The molecule has 0 fully saturated rings. The third-order valence-electron chi connectivity index (χ3n) is 3.78. The fourth-order valence-electron chi connectivity index (χ4n) is 2.40. The van der Waals surface area contributed by atoms with Crippen LogP contribution in [-0.4, -0.2) is 35.9 Å². The van der Waals surface area contributed by atoms with Crippen molar-refractivity contribution in [2.45, 2.75) is 24.6 Å². The lowest BCUT2D eigenvalue weighted by atomic mass is 10.1. The highest BCUT2D eigenvalue weighted by Crippen LogP contribution is 2.14. The fourth-order valence-corrected chi connectivity index (χ4v) is 3.30. The van der Waals surface area contributed by atoms with Crippen LogP contribution in [-0.2, 0) is 26.5 Å². The van der Waals surface area contributed by atoms with Crippen LogP contribution in [0.15, 0.2) is 54.6 Å². The Morgan fingerprint density at radius 2 is 1.77 bits per heavy atom. The maximum atomic E-state index is 12.2. The lowest BCUT2D eigenvalue weighted by molar-refractivity contribution is -0.145. The van der Waals surface area contributed by atoms with E-state index in [-0.39, 0.29) is 11.7 Å². The molecule has 138 valence electrons. The van der Waals surface area contributed by atoms with Crippen LogP contribution >= 0.6 is 11.8 Å². The lowest BCUT2D eigenvalue weighted by Gasteiger charge is -2.16. The zero-order chi connectivity index (χ0) is 18.8. The van der Waals surface area contributed by atoms with Crippen molar-refractivity contribution in [1.29, 1.82) is 0 Å². The molecule has 0 aliphatic rings. The summed E-state index contributed by atoms with van der Waals surface area (Å²) in [6.07, 6.45) is 0.649. The minimum atomic E-state index is -0.740. The van der Waals surface area contributed by atoms with E-state index in [0.29, 0.717) is 18.6 Å². The summed E-state index contributed by atoms with van der Waals surface area (Å²) >= 11 is 1.68. The quantitative estimate of drug-likeness (QED) is 0.522. The number of rotatable bonds is 9. The molecule has 0 aliphatic heterocycles. The zero-order valence-electron chi connectivity index (χ0n) is 14.7. The molecule has 5 nitrogen and oxygen atoms in total. The second-order valence-electron chi connectivity index (χ2n) is 5.80. The first-order valence-electron chi connectivity index (χ1n) is 8.35. The van der Waals surface area contributed by atoms with Crippen molar-refractivity contribution in [3.63, 3.8) is 0 Å². The Kier molecular flexibility index (Phi) is 8.02. The van der Waals surface area contributed by atoms with Gasteiger partial charge in [-0.15, -0.1) is 0 Å². The highest BCUT2D eigenvalue weighted by Gasteiger charge is 2.21. The molecule has 0 saturated carbocycles. The number of carbonyl (C=O) groups is 2. The van der Waals surface area contributed by atoms with Crippen LogP contribution in [0.1, 0.15) is 17.5 Å². The summed E-state index contributed by atoms with van der Waals surface area (Å²) in [5.74, 6) is 1.02. The van der Waals surface area contributed by atoms with Gasteiger partial charge in [-0.1, -0.05) is 42.5 Å². The Hall–Kier alpha value is -2.47. The normalized spacial score (nSPS) is 11.6. The molecule has 1 unspecified atom stereocenters. The van der Waals surface area contributed by atoms with Gasteiger partial charge in [-0.3, -0.25) is 4.79 Å². The van der Waals surface area contributed by atoms with E-state index in [2.05, 4.69) is 17.4 Å². The number of benzene rings is 2. The van der Waals surface area contributed by atoms with E-state index < -0.39 is 12.0 Å². The Bertz CT molecular complexity index is 704. The Labute approximate surface area is 157 Å². The maximum absolute atomic E-state index is 12.2. The van der Waals surface area contributed by atoms with Crippen LogP contribution in [0.4, 0.5) is 0 Å². The molecular weight excluding hydrogens is 350 g/mol. The molecule has 2 rings (SSSR count). The fraction of sp³-hybridized carbons (Fsp3) is 0.300. The monoisotopic (exact) mass is 373 g/mol. The first-order valence-corrected chi connectivity index (χ1v) is 9.50. The predicted molar refractivity (Wildman–Crippen MR) is 103 cm³/mol. The van der Waals surface area contributed by atoms with E-state index in [0.717, 1.165) is 11.3 Å². The SMILES string of the molecule is COC(=O)C(Cc1ccc(O)cc1)NC(=O)CCSCc1ccccc1. The van der Waals surface area contributed by atoms with Gasteiger partial charge in [0.25, 0.3) is 0 Å². The highest BCUT2D eigenvalue weighted by molar-refractivity contribution is 7.98. The predicted octanol–water partition coefficient (Wildman–Crippen LogP) is 2.92. The smallest absolute Gasteiger partial charge is 0.328 e. The van der Waals surface area contributed by atoms with Crippen LogP contribution in [0.25, 0.3) is 0 Å². The summed E-state index contributed by atoms with van der Waals surface area (Å²) in [5.41, 5.74) is 2.05. The van der Waals surface area contributed by atoms with Gasteiger partial charge in [0.05, 0.1) is 7.11 Å². The standard InChI is InChI=1S/C20H23NO4S/c1-25-20(24)18(13-15-7-9-17(22)10-8-15)21-19(23)11-12-26-14-16-5-3-2-4-6-16/h2-10,18,22H,11-14H2,1H3,(H,21,23). The van der Waals surface area contributed by atoms with Crippen LogP contribution in [0, 0.1) is 0 Å². The molecule has 1 amide bonds. The molecule has 2 aromatic rings. The first-order chi connectivity index (χ1) is 12.6. The third kappa shape index (κ3) is 6.80. The lowest BCUT2D eigenvalue weighted by Crippen LogP contribution is -2.43. The number of aromatic hydroxyl groups is 1. The average molecular weight is 373 g/mol. The maximum Gasteiger partial charge on any atom is 0.328 e. The second kappa shape index (κ2) is 10.5. The van der Waals surface area contributed by atoms with Gasteiger partial charge in [0.1, 0.15) is 11.8 Å². The van der Waals surface area contributed by atoms with Crippen LogP contribution < -0.4 is 5.32 Å². The van der Waals surface area contributed by atoms with Crippen molar-refractivity contribution < 1.29 is 19.4 Å². The van der Waals surface area contributed by atoms with Crippen molar-refractivity contribution in [1.82, 2.24) is 5.32 Å². The molecule has 0 heterocycles. The van der Waals surface area contributed by atoms with E-state index >= 15 is 0 Å². The molecule has 1 atom stereocenters. The van der Waals surface area contributed by atoms with Crippen LogP contribution in [0.3, 0.4) is 0 Å². The number of phenols is 1.